The van der Waals surface area contributed by atoms with E-state index in [1.165, 1.54) is 83.1 Å². The van der Waals surface area contributed by atoms with Gasteiger partial charge in [-0.25, -0.2) is 0 Å². The standard InChI is InChI=1S/C35H48/c1-12-13-14-15-16-28-18-17-23(4)31-25(6)32-27(8)35(11)26(7)30(22(2)3)24(5)19-34(35,10)21-33(32,9)20-29(28)31/h17-18H,2,6-7,12-16,19-21H2,1,3-5,8-11H3/t33-,34+,35-/m1/s1. The number of hydrogen-bond acceptors (Lipinski definition) is 0. The summed E-state index contributed by atoms with van der Waals surface area (Å²) in [6.07, 6.45) is 9.86. The highest BCUT2D eigenvalue weighted by Gasteiger charge is 2.59. The van der Waals surface area contributed by atoms with Gasteiger partial charge in [-0.05, 0) is 115 Å². The minimum atomic E-state index is -0.0816. The lowest BCUT2D eigenvalue weighted by Gasteiger charge is -2.62. The zero-order valence-electron chi connectivity index (χ0n) is 23.9. The van der Waals surface area contributed by atoms with Crippen molar-refractivity contribution >= 4 is 5.57 Å². The largest absolute Gasteiger partial charge is 0.0955 e. The Balaban J connectivity index is 1.88. The van der Waals surface area contributed by atoms with E-state index in [9.17, 15) is 0 Å². The molecule has 1 aromatic carbocycles. The van der Waals surface area contributed by atoms with Gasteiger partial charge in [-0.15, -0.1) is 0 Å². The van der Waals surface area contributed by atoms with Crippen LogP contribution < -0.4 is 0 Å². The maximum Gasteiger partial charge on any atom is 0.0194 e. The van der Waals surface area contributed by atoms with Gasteiger partial charge in [0.15, 0.2) is 0 Å². The van der Waals surface area contributed by atoms with Crippen molar-refractivity contribution in [3.05, 3.63) is 87.6 Å². The third-order valence-corrected chi connectivity index (χ3v) is 10.2. The Labute approximate surface area is 216 Å². The van der Waals surface area contributed by atoms with Crippen molar-refractivity contribution in [3.63, 3.8) is 0 Å². The van der Waals surface area contributed by atoms with E-state index in [2.05, 4.69) is 74.1 Å². The van der Waals surface area contributed by atoms with E-state index in [0.29, 0.717) is 0 Å². The van der Waals surface area contributed by atoms with Gasteiger partial charge in [-0.3, -0.25) is 0 Å². The second-order valence-corrected chi connectivity index (χ2v) is 12.9. The van der Waals surface area contributed by atoms with Crippen LogP contribution >= 0.6 is 0 Å². The fraction of sp³-hybridized carbons (Fsp3) is 0.543. The molecule has 0 aromatic heterocycles. The third kappa shape index (κ3) is 3.70. The molecule has 3 aliphatic carbocycles. The van der Waals surface area contributed by atoms with Gasteiger partial charge in [0.1, 0.15) is 0 Å². The predicted molar refractivity (Wildman–Crippen MR) is 155 cm³/mol. The molecule has 0 saturated carbocycles. The van der Waals surface area contributed by atoms with Gasteiger partial charge in [0.2, 0.25) is 0 Å². The predicted octanol–water partition coefficient (Wildman–Crippen LogP) is 10.3. The molecule has 0 amide bonds. The number of rotatable bonds is 6. The van der Waals surface area contributed by atoms with Crippen LogP contribution in [0.1, 0.15) is 109 Å². The Hall–Kier alpha value is -2.08. The Morgan fingerprint density at radius 1 is 0.971 bits per heavy atom. The first-order valence-corrected chi connectivity index (χ1v) is 13.9. The van der Waals surface area contributed by atoms with Crippen molar-refractivity contribution in [1.82, 2.24) is 0 Å². The van der Waals surface area contributed by atoms with Gasteiger partial charge in [0.25, 0.3) is 0 Å². The summed E-state index contributed by atoms with van der Waals surface area (Å²) in [5.74, 6) is 0. The summed E-state index contributed by atoms with van der Waals surface area (Å²) < 4.78 is 0. The van der Waals surface area contributed by atoms with E-state index in [1.54, 1.807) is 11.1 Å². The van der Waals surface area contributed by atoms with Crippen molar-refractivity contribution in [1.29, 1.82) is 0 Å². The lowest BCUT2D eigenvalue weighted by molar-refractivity contribution is 0.0543. The van der Waals surface area contributed by atoms with Gasteiger partial charge in [0.05, 0.1) is 0 Å². The first-order chi connectivity index (χ1) is 16.3. The monoisotopic (exact) mass is 468 g/mol. The van der Waals surface area contributed by atoms with Crippen LogP contribution in [0.4, 0.5) is 0 Å². The van der Waals surface area contributed by atoms with Crippen LogP contribution in [-0.4, -0.2) is 0 Å². The molecule has 0 unspecified atom stereocenters. The van der Waals surface area contributed by atoms with E-state index < -0.39 is 0 Å². The number of hydrogen-bond donors (Lipinski definition) is 0. The number of aryl methyl sites for hydroxylation is 2. The molecule has 3 atom stereocenters. The minimum absolute atomic E-state index is 0.0816. The lowest BCUT2D eigenvalue weighted by atomic mass is 9.41. The maximum absolute atomic E-state index is 4.82. The van der Waals surface area contributed by atoms with Gasteiger partial charge in [-0.2, -0.15) is 0 Å². The minimum Gasteiger partial charge on any atom is -0.0955 e. The molecule has 35 heavy (non-hydrogen) atoms. The molecule has 0 heteroatoms. The molecular weight excluding hydrogens is 420 g/mol. The van der Waals surface area contributed by atoms with E-state index in [1.807, 2.05) is 0 Å². The lowest BCUT2D eigenvalue weighted by Crippen LogP contribution is -2.52. The molecule has 188 valence electrons. The summed E-state index contributed by atoms with van der Waals surface area (Å²) >= 11 is 0. The van der Waals surface area contributed by atoms with Crippen molar-refractivity contribution < 1.29 is 0 Å². The second-order valence-electron chi connectivity index (χ2n) is 12.9. The van der Waals surface area contributed by atoms with Crippen LogP contribution in [0.3, 0.4) is 0 Å². The molecule has 0 N–H and O–H groups in total. The van der Waals surface area contributed by atoms with E-state index in [-0.39, 0.29) is 16.2 Å². The van der Waals surface area contributed by atoms with Crippen LogP contribution in [0.5, 0.6) is 0 Å². The molecule has 0 saturated heterocycles. The summed E-state index contributed by atoms with van der Waals surface area (Å²) in [5, 5.41) is 0. The van der Waals surface area contributed by atoms with Crippen molar-refractivity contribution in [3.8, 4) is 0 Å². The van der Waals surface area contributed by atoms with Crippen molar-refractivity contribution in [2.75, 3.05) is 0 Å². The topological polar surface area (TPSA) is 0 Å². The fourth-order valence-electron chi connectivity index (χ4n) is 8.58. The molecule has 0 heterocycles. The normalized spacial score (nSPS) is 30.3. The molecule has 0 fully saturated rings. The Morgan fingerprint density at radius 2 is 1.66 bits per heavy atom. The smallest absolute Gasteiger partial charge is 0.0194 e. The van der Waals surface area contributed by atoms with Crippen LogP contribution in [-0.2, 0) is 12.8 Å². The van der Waals surface area contributed by atoms with Crippen LogP contribution in [0.2, 0.25) is 0 Å². The third-order valence-electron chi connectivity index (χ3n) is 10.2. The maximum atomic E-state index is 4.82. The molecule has 1 aromatic rings. The van der Waals surface area contributed by atoms with E-state index >= 15 is 0 Å². The van der Waals surface area contributed by atoms with Gasteiger partial charge < -0.3 is 0 Å². The van der Waals surface area contributed by atoms with Crippen LogP contribution in [0, 0.1) is 23.2 Å². The molecule has 0 radical (unpaired) electrons. The highest BCUT2D eigenvalue weighted by molar-refractivity contribution is 5.87. The van der Waals surface area contributed by atoms with Crippen LogP contribution in [0.25, 0.3) is 5.57 Å². The van der Waals surface area contributed by atoms with Gasteiger partial charge >= 0.3 is 0 Å². The van der Waals surface area contributed by atoms with E-state index in [4.69, 9.17) is 13.2 Å². The van der Waals surface area contributed by atoms with Gasteiger partial charge in [0, 0.05) is 5.41 Å². The number of benzene rings is 1. The molecule has 0 spiro atoms. The second kappa shape index (κ2) is 8.79. The fourth-order valence-corrected chi connectivity index (χ4v) is 8.58. The number of fused-ring (bicyclic) bond motifs is 3. The number of unbranched alkanes of at least 4 members (excludes halogenated alkanes) is 3. The Bertz CT molecular complexity index is 1180. The first-order valence-electron chi connectivity index (χ1n) is 13.9. The summed E-state index contributed by atoms with van der Waals surface area (Å²) in [6.45, 7) is 32.9. The summed E-state index contributed by atoms with van der Waals surface area (Å²) in [5.41, 5.74) is 15.6. The first kappa shape index (κ1) is 26.0. The average Bonchev–Trinajstić information content (AvgIpc) is 2.74. The van der Waals surface area contributed by atoms with E-state index in [0.717, 1.165) is 18.4 Å². The summed E-state index contributed by atoms with van der Waals surface area (Å²) in [4.78, 5) is 0. The quantitative estimate of drug-likeness (QED) is 0.364. The molecule has 0 bridgehead atoms. The zero-order chi connectivity index (χ0) is 25.9. The molecule has 0 nitrogen and oxygen atoms in total. The molecule has 4 rings (SSSR count). The highest BCUT2D eigenvalue weighted by atomic mass is 14.6. The molecule has 0 aliphatic heterocycles. The van der Waals surface area contributed by atoms with Gasteiger partial charge in [-0.1, -0.05) is 95.5 Å². The van der Waals surface area contributed by atoms with Crippen molar-refractivity contribution in [2.45, 2.75) is 107 Å². The van der Waals surface area contributed by atoms with Crippen LogP contribution in [0.15, 0.2) is 65.3 Å². The Kier molecular flexibility index (Phi) is 6.53. The summed E-state index contributed by atoms with van der Waals surface area (Å²) in [7, 11) is 0. The SMILES string of the molecule is C=C(C)C1=C(C)C[C@@]2(C)C[C@@]3(C)Cc4c(CCCCCC)ccc(C)c4C(=C)C3=C(C)[C@@]2(C)C1=C. The zero-order valence-corrected chi connectivity index (χ0v) is 23.9. The van der Waals surface area contributed by atoms with Crippen molar-refractivity contribution in [2.24, 2.45) is 16.2 Å². The molecular formula is C35H48. The molecule has 3 aliphatic rings. The highest BCUT2D eigenvalue weighted by Crippen LogP contribution is 2.70. The average molecular weight is 469 g/mol. The summed E-state index contributed by atoms with van der Waals surface area (Å²) in [6, 6.07) is 4.76. The number of allylic oxidation sites excluding steroid dienone is 7. The Morgan fingerprint density at radius 3 is 2.29 bits per heavy atom.